The third kappa shape index (κ3) is 3.12. The first-order chi connectivity index (χ1) is 11.1. The summed E-state index contributed by atoms with van der Waals surface area (Å²) in [4.78, 5) is 15.2. The first-order valence-corrected chi connectivity index (χ1v) is 7.47. The molecule has 0 unspecified atom stereocenters. The lowest BCUT2D eigenvalue weighted by Crippen LogP contribution is -2.22. The van der Waals surface area contributed by atoms with E-state index < -0.39 is 12.1 Å². The number of carboxylic acid groups (broad SMARTS) is 1. The summed E-state index contributed by atoms with van der Waals surface area (Å²) in [6, 6.07) is 14.9. The fourth-order valence-electron chi connectivity index (χ4n) is 2.37. The number of aromatic nitrogens is 1. The van der Waals surface area contributed by atoms with Gasteiger partial charge in [0.05, 0.1) is 5.52 Å². The Morgan fingerprint density at radius 1 is 1.17 bits per heavy atom. The van der Waals surface area contributed by atoms with Crippen LogP contribution in [0.3, 0.4) is 0 Å². The number of ether oxygens (including phenoxy) is 1. The molecule has 116 valence electrons. The highest BCUT2D eigenvalue weighted by Crippen LogP contribution is 2.33. The van der Waals surface area contributed by atoms with Crippen LogP contribution in [0.2, 0.25) is 5.02 Å². The van der Waals surface area contributed by atoms with Crippen molar-refractivity contribution in [2.24, 2.45) is 0 Å². The van der Waals surface area contributed by atoms with Crippen molar-refractivity contribution in [1.29, 1.82) is 0 Å². The van der Waals surface area contributed by atoms with Gasteiger partial charge in [-0.2, -0.15) is 0 Å². The van der Waals surface area contributed by atoms with E-state index in [2.05, 4.69) is 4.98 Å². The molecule has 1 N–H and O–H groups in total. The number of nitrogens with zero attached hydrogens (tertiary/aromatic N) is 1. The highest BCUT2D eigenvalue weighted by atomic mass is 35.5. The van der Waals surface area contributed by atoms with Gasteiger partial charge in [-0.05, 0) is 36.8 Å². The molecule has 5 heteroatoms. The Morgan fingerprint density at radius 2 is 1.96 bits per heavy atom. The van der Waals surface area contributed by atoms with Crippen LogP contribution in [0.4, 0.5) is 0 Å². The van der Waals surface area contributed by atoms with Crippen molar-refractivity contribution in [1.82, 2.24) is 4.98 Å². The number of fused-ring (bicyclic) bond motifs is 1. The molecule has 0 radical (unpaired) electrons. The molecule has 0 saturated heterocycles. The van der Waals surface area contributed by atoms with Gasteiger partial charge in [0.25, 0.3) is 0 Å². The molecule has 23 heavy (non-hydrogen) atoms. The summed E-state index contributed by atoms with van der Waals surface area (Å²) in [5.74, 6) is -0.543. The van der Waals surface area contributed by atoms with Crippen LogP contribution in [0, 0.1) is 0 Å². The van der Waals surface area contributed by atoms with Gasteiger partial charge < -0.3 is 9.84 Å². The number of hydrogen-bond acceptors (Lipinski definition) is 3. The number of aliphatic carboxylic acids is 1. The van der Waals surface area contributed by atoms with Crippen molar-refractivity contribution in [2.45, 2.75) is 13.0 Å². The zero-order valence-corrected chi connectivity index (χ0v) is 13.1. The minimum atomic E-state index is -1.01. The predicted octanol–water partition coefficient (Wildman–Crippen LogP) is 4.41. The summed E-state index contributed by atoms with van der Waals surface area (Å²) < 4.78 is 5.39. The molecule has 2 aromatic carbocycles. The minimum absolute atomic E-state index is 0.469. The van der Waals surface area contributed by atoms with Crippen LogP contribution >= 0.6 is 11.6 Å². The standard InChI is InChI=1S/C18H14ClNO3/c1-11(18(21)22)23-12-6-7-15-13(8-9-20-17(15)10-12)14-4-2-3-5-16(14)19/h2-11H,1H3,(H,21,22)/t11-/m1/s1. The highest BCUT2D eigenvalue weighted by Gasteiger charge is 2.14. The number of hydrogen-bond donors (Lipinski definition) is 1. The van der Waals surface area contributed by atoms with E-state index in [-0.39, 0.29) is 0 Å². The molecule has 1 atom stereocenters. The Labute approximate surface area is 138 Å². The Morgan fingerprint density at radius 3 is 2.70 bits per heavy atom. The number of carboxylic acids is 1. The number of rotatable bonds is 4. The van der Waals surface area contributed by atoms with Gasteiger partial charge in [0.1, 0.15) is 5.75 Å². The molecule has 3 aromatic rings. The van der Waals surface area contributed by atoms with Gasteiger partial charge in [-0.25, -0.2) is 4.79 Å². The molecular weight excluding hydrogens is 314 g/mol. The van der Waals surface area contributed by atoms with Gasteiger partial charge in [0.15, 0.2) is 6.10 Å². The van der Waals surface area contributed by atoms with Gasteiger partial charge in [-0.3, -0.25) is 4.98 Å². The lowest BCUT2D eigenvalue weighted by Gasteiger charge is -2.12. The normalized spacial score (nSPS) is 12.1. The quantitative estimate of drug-likeness (QED) is 0.771. The monoisotopic (exact) mass is 327 g/mol. The second kappa shape index (κ2) is 6.26. The molecule has 3 rings (SSSR count). The van der Waals surface area contributed by atoms with Crippen LogP contribution in [0.15, 0.2) is 54.7 Å². The van der Waals surface area contributed by atoms with Gasteiger partial charge >= 0.3 is 5.97 Å². The van der Waals surface area contributed by atoms with Crippen LogP contribution in [-0.2, 0) is 4.79 Å². The summed E-state index contributed by atoms with van der Waals surface area (Å²) in [5.41, 5.74) is 2.62. The summed E-state index contributed by atoms with van der Waals surface area (Å²) in [6.45, 7) is 1.49. The minimum Gasteiger partial charge on any atom is -0.479 e. The van der Waals surface area contributed by atoms with Crippen LogP contribution < -0.4 is 4.74 Å². The molecule has 0 amide bonds. The zero-order valence-electron chi connectivity index (χ0n) is 12.4. The van der Waals surface area contributed by atoms with Crippen LogP contribution in [0.1, 0.15) is 6.92 Å². The van der Waals surface area contributed by atoms with E-state index in [4.69, 9.17) is 21.4 Å². The summed E-state index contributed by atoms with van der Waals surface area (Å²) >= 11 is 6.28. The zero-order chi connectivity index (χ0) is 16.4. The molecule has 0 fully saturated rings. The van der Waals surface area contributed by atoms with Gasteiger partial charge in [-0.1, -0.05) is 29.8 Å². The lowest BCUT2D eigenvalue weighted by molar-refractivity contribution is -0.144. The smallest absolute Gasteiger partial charge is 0.344 e. The summed E-state index contributed by atoms with van der Waals surface area (Å²) in [6.07, 6.45) is 0.782. The fourth-order valence-corrected chi connectivity index (χ4v) is 2.61. The lowest BCUT2D eigenvalue weighted by atomic mass is 10.0. The average Bonchev–Trinajstić information content (AvgIpc) is 2.54. The Kier molecular flexibility index (Phi) is 4.17. The molecule has 0 aliphatic carbocycles. The Balaban J connectivity index is 2.06. The maximum atomic E-state index is 10.9. The second-order valence-electron chi connectivity index (χ2n) is 5.12. The van der Waals surface area contributed by atoms with Crippen LogP contribution in [0.5, 0.6) is 5.75 Å². The third-order valence-corrected chi connectivity index (χ3v) is 3.87. The maximum Gasteiger partial charge on any atom is 0.344 e. The van der Waals surface area contributed by atoms with Crippen molar-refractivity contribution < 1.29 is 14.6 Å². The van der Waals surface area contributed by atoms with Crippen LogP contribution in [0.25, 0.3) is 22.0 Å². The average molecular weight is 328 g/mol. The Hall–Kier alpha value is -2.59. The predicted molar refractivity (Wildman–Crippen MR) is 89.9 cm³/mol. The fraction of sp³-hybridized carbons (Fsp3) is 0.111. The van der Waals surface area contributed by atoms with Crippen molar-refractivity contribution in [3.8, 4) is 16.9 Å². The van der Waals surface area contributed by atoms with E-state index >= 15 is 0 Å². The van der Waals surface area contributed by atoms with E-state index in [0.717, 1.165) is 22.0 Å². The molecule has 0 saturated carbocycles. The molecule has 4 nitrogen and oxygen atoms in total. The molecule has 0 spiro atoms. The Bertz CT molecular complexity index is 879. The van der Waals surface area contributed by atoms with Gasteiger partial charge in [0, 0.05) is 28.2 Å². The molecule has 1 heterocycles. The highest BCUT2D eigenvalue weighted by molar-refractivity contribution is 6.33. The van der Waals surface area contributed by atoms with Crippen LogP contribution in [-0.4, -0.2) is 22.2 Å². The van der Waals surface area contributed by atoms with Crippen molar-refractivity contribution in [3.63, 3.8) is 0 Å². The van der Waals surface area contributed by atoms with E-state index in [1.54, 1.807) is 18.3 Å². The van der Waals surface area contributed by atoms with E-state index in [1.807, 2.05) is 36.4 Å². The molecule has 1 aromatic heterocycles. The maximum absolute atomic E-state index is 10.9. The molecule has 0 aliphatic rings. The number of carbonyl (C=O) groups is 1. The third-order valence-electron chi connectivity index (χ3n) is 3.54. The summed E-state index contributed by atoms with van der Waals surface area (Å²) in [7, 11) is 0. The number of halogens is 1. The topological polar surface area (TPSA) is 59.4 Å². The van der Waals surface area contributed by atoms with E-state index in [9.17, 15) is 4.79 Å². The number of benzene rings is 2. The van der Waals surface area contributed by atoms with Crippen molar-refractivity contribution in [2.75, 3.05) is 0 Å². The molecule has 0 bridgehead atoms. The SMILES string of the molecule is C[C@@H](Oc1ccc2c(-c3ccccc3Cl)ccnc2c1)C(=O)O. The first kappa shape index (κ1) is 15.3. The second-order valence-corrected chi connectivity index (χ2v) is 5.52. The number of pyridine rings is 1. The molecule has 0 aliphatic heterocycles. The summed E-state index contributed by atoms with van der Waals surface area (Å²) in [5, 5.41) is 10.5. The van der Waals surface area contributed by atoms with E-state index in [1.165, 1.54) is 6.92 Å². The molecular formula is C18H14ClNO3. The van der Waals surface area contributed by atoms with E-state index in [0.29, 0.717) is 10.8 Å². The van der Waals surface area contributed by atoms with Crippen molar-refractivity contribution >= 4 is 28.5 Å². The van der Waals surface area contributed by atoms with Crippen molar-refractivity contribution in [3.05, 3.63) is 59.8 Å². The largest absolute Gasteiger partial charge is 0.479 e. The van der Waals surface area contributed by atoms with Gasteiger partial charge in [0.2, 0.25) is 0 Å². The first-order valence-electron chi connectivity index (χ1n) is 7.09. The van der Waals surface area contributed by atoms with Gasteiger partial charge in [-0.15, -0.1) is 0 Å².